The Kier molecular flexibility index (Phi) is 4.53. The highest BCUT2D eigenvalue weighted by Crippen LogP contribution is 2.22. The van der Waals surface area contributed by atoms with Gasteiger partial charge in [0.2, 0.25) is 0 Å². The Morgan fingerprint density at radius 3 is 2.81 bits per heavy atom. The molecule has 21 heavy (non-hydrogen) atoms. The van der Waals surface area contributed by atoms with Crippen LogP contribution in [0.4, 0.5) is 0 Å². The monoisotopic (exact) mass is 300 g/mol. The van der Waals surface area contributed by atoms with Gasteiger partial charge in [0, 0.05) is 11.6 Å². The number of aromatic nitrogens is 1. The number of halogens is 1. The molecule has 1 aromatic heterocycles. The Balaban J connectivity index is 1.70. The Morgan fingerprint density at radius 2 is 2.10 bits per heavy atom. The highest BCUT2D eigenvalue weighted by molar-refractivity contribution is 6.31. The van der Waals surface area contributed by atoms with Crippen molar-refractivity contribution in [1.82, 2.24) is 10.3 Å². The molecule has 0 saturated carbocycles. The van der Waals surface area contributed by atoms with E-state index >= 15 is 0 Å². The molecule has 4 heteroatoms. The van der Waals surface area contributed by atoms with Crippen LogP contribution >= 0.6 is 11.6 Å². The van der Waals surface area contributed by atoms with Gasteiger partial charge < -0.3 is 10.1 Å². The zero-order valence-corrected chi connectivity index (χ0v) is 12.4. The van der Waals surface area contributed by atoms with E-state index in [-0.39, 0.29) is 0 Å². The predicted octanol–water partition coefficient (Wildman–Crippen LogP) is 3.65. The van der Waals surface area contributed by atoms with Gasteiger partial charge in [-0.1, -0.05) is 54.1 Å². The fourth-order valence-electron chi connectivity index (χ4n) is 2.08. The van der Waals surface area contributed by atoms with Crippen molar-refractivity contribution in [2.75, 3.05) is 13.2 Å². The van der Waals surface area contributed by atoms with Crippen LogP contribution in [0.2, 0.25) is 5.15 Å². The molecule has 0 aliphatic carbocycles. The number of ether oxygens (including phenoxy) is 1. The SMILES string of the molecule is Clc1ncc(OC[C@@H]2CCN2)cc1/C=C/c1ccccc1. The van der Waals surface area contributed by atoms with Crippen LogP contribution < -0.4 is 10.1 Å². The maximum Gasteiger partial charge on any atom is 0.138 e. The third-order valence-electron chi connectivity index (χ3n) is 3.47. The minimum atomic E-state index is 0.462. The first-order valence-corrected chi connectivity index (χ1v) is 7.44. The van der Waals surface area contributed by atoms with Gasteiger partial charge in [0.05, 0.1) is 6.20 Å². The fraction of sp³-hybridized carbons (Fsp3) is 0.235. The summed E-state index contributed by atoms with van der Waals surface area (Å²) >= 11 is 6.13. The molecular weight excluding hydrogens is 284 g/mol. The van der Waals surface area contributed by atoms with Gasteiger partial charge in [0.25, 0.3) is 0 Å². The molecule has 3 nitrogen and oxygen atoms in total. The van der Waals surface area contributed by atoms with E-state index in [1.807, 2.05) is 48.6 Å². The second-order valence-electron chi connectivity index (χ2n) is 5.05. The fourth-order valence-corrected chi connectivity index (χ4v) is 2.24. The molecule has 108 valence electrons. The molecular formula is C17H17ClN2O. The molecule has 1 aromatic carbocycles. The van der Waals surface area contributed by atoms with Gasteiger partial charge in [-0.25, -0.2) is 4.98 Å². The third kappa shape index (κ3) is 3.84. The van der Waals surface area contributed by atoms with E-state index in [9.17, 15) is 0 Å². The molecule has 1 aliphatic rings. The lowest BCUT2D eigenvalue weighted by Gasteiger charge is -2.27. The van der Waals surface area contributed by atoms with Gasteiger partial charge in [-0.2, -0.15) is 0 Å². The van der Waals surface area contributed by atoms with Crippen LogP contribution in [0.5, 0.6) is 5.75 Å². The zero-order valence-electron chi connectivity index (χ0n) is 11.6. The summed E-state index contributed by atoms with van der Waals surface area (Å²) in [5, 5.41) is 3.79. The highest BCUT2D eigenvalue weighted by Gasteiger charge is 2.16. The zero-order chi connectivity index (χ0) is 14.5. The molecule has 0 spiro atoms. The van der Waals surface area contributed by atoms with Gasteiger partial charge in [0.15, 0.2) is 0 Å². The summed E-state index contributed by atoms with van der Waals surface area (Å²) in [6.07, 6.45) is 6.81. The van der Waals surface area contributed by atoms with Gasteiger partial charge in [0.1, 0.15) is 17.5 Å². The van der Waals surface area contributed by atoms with E-state index in [1.54, 1.807) is 6.20 Å². The van der Waals surface area contributed by atoms with Crippen LogP contribution in [0.1, 0.15) is 17.5 Å². The lowest BCUT2D eigenvalue weighted by Crippen LogP contribution is -2.46. The summed E-state index contributed by atoms with van der Waals surface area (Å²) < 4.78 is 5.74. The van der Waals surface area contributed by atoms with Crippen molar-refractivity contribution in [1.29, 1.82) is 0 Å². The summed E-state index contributed by atoms with van der Waals surface area (Å²) in [6, 6.07) is 12.5. The van der Waals surface area contributed by atoms with Crippen LogP contribution in [0, 0.1) is 0 Å². The molecule has 1 atom stereocenters. The van der Waals surface area contributed by atoms with E-state index < -0.39 is 0 Å². The molecule has 0 bridgehead atoms. The van der Waals surface area contributed by atoms with Crippen LogP contribution in [0.3, 0.4) is 0 Å². The number of nitrogens with zero attached hydrogens (tertiary/aromatic N) is 1. The molecule has 0 unspecified atom stereocenters. The van der Waals surface area contributed by atoms with Crippen molar-refractivity contribution < 1.29 is 4.74 Å². The molecule has 1 N–H and O–H groups in total. The molecule has 0 radical (unpaired) electrons. The highest BCUT2D eigenvalue weighted by atomic mass is 35.5. The summed E-state index contributed by atoms with van der Waals surface area (Å²) in [5.74, 6) is 0.751. The lowest BCUT2D eigenvalue weighted by molar-refractivity contribution is 0.217. The largest absolute Gasteiger partial charge is 0.490 e. The van der Waals surface area contributed by atoms with Crippen molar-refractivity contribution in [3.63, 3.8) is 0 Å². The number of rotatable bonds is 5. The van der Waals surface area contributed by atoms with E-state index in [2.05, 4.69) is 10.3 Å². The molecule has 3 rings (SSSR count). The Hall–Kier alpha value is -1.84. The van der Waals surface area contributed by atoms with Crippen molar-refractivity contribution in [2.45, 2.75) is 12.5 Å². The smallest absolute Gasteiger partial charge is 0.138 e. The lowest BCUT2D eigenvalue weighted by atomic mass is 10.1. The Labute approximate surface area is 129 Å². The third-order valence-corrected chi connectivity index (χ3v) is 3.79. The van der Waals surface area contributed by atoms with Crippen molar-refractivity contribution in [3.8, 4) is 5.75 Å². The first-order chi connectivity index (χ1) is 10.3. The maximum absolute atomic E-state index is 6.13. The van der Waals surface area contributed by atoms with E-state index in [1.165, 1.54) is 6.42 Å². The number of pyridine rings is 1. The average molecular weight is 301 g/mol. The average Bonchev–Trinajstić information content (AvgIpc) is 2.47. The normalized spacial score (nSPS) is 17.7. The maximum atomic E-state index is 6.13. The minimum absolute atomic E-state index is 0.462. The number of hydrogen-bond acceptors (Lipinski definition) is 3. The first-order valence-electron chi connectivity index (χ1n) is 7.06. The molecule has 2 heterocycles. The van der Waals surface area contributed by atoms with Crippen LogP contribution in [-0.2, 0) is 0 Å². The van der Waals surface area contributed by atoms with Crippen LogP contribution in [-0.4, -0.2) is 24.2 Å². The summed E-state index contributed by atoms with van der Waals surface area (Å²) in [6.45, 7) is 1.75. The van der Waals surface area contributed by atoms with E-state index in [4.69, 9.17) is 16.3 Å². The van der Waals surface area contributed by atoms with Crippen LogP contribution in [0.15, 0.2) is 42.6 Å². The number of hydrogen-bond donors (Lipinski definition) is 1. The standard InChI is InChI=1S/C17H17ClN2O/c18-17-14(7-6-13-4-2-1-3-5-13)10-16(11-20-17)21-12-15-8-9-19-15/h1-7,10-11,15,19H,8-9,12H2/b7-6+/t15-/m0/s1. The van der Waals surface area contributed by atoms with Crippen molar-refractivity contribution >= 4 is 23.8 Å². The number of benzene rings is 1. The quantitative estimate of drug-likeness (QED) is 0.856. The van der Waals surface area contributed by atoms with Gasteiger partial charge in [-0.3, -0.25) is 0 Å². The molecule has 1 aliphatic heterocycles. The van der Waals surface area contributed by atoms with Crippen molar-refractivity contribution in [2.24, 2.45) is 0 Å². The molecule has 0 amide bonds. The Morgan fingerprint density at radius 1 is 1.29 bits per heavy atom. The van der Waals surface area contributed by atoms with Crippen LogP contribution in [0.25, 0.3) is 12.2 Å². The summed E-state index contributed by atoms with van der Waals surface area (Å²) in [7, 11) is 0. The predicted molar refractivity (Wildman–Crippen MR) is 86.5 cm³/mol. The van der Waals surface area contributed by atoms with Gasteiger partial charge in [-0.15, -0.1) is 0 Å². The minimum Gasteiger partial charge on any atom is -0.490 e. The molecule has 1 saturated heterocycles. The van der Waals surface area contributed by atoms with Gasteiger partial charge in [-0.05, 0) is 24.6 Å². The second-order valence-corrected chi connectivity index (χ2v) is 5.40. The first kappa shape index (κ1) is 14.1. The summed E-state index contributed by atoms with van der Waals surface area (Å²) in [5.41, 5.74) is 1.98. The molecule has 1 fully saturated rings. The summed E-state index contributed by atoms with van der Waals surface area (Å²) in [4.78, 5) is 4.18. The van der Waals surface area contributed by atoms with E-state index in [0.717, 1.165) is 23.4 Å². The molecule has 2 aromatic rings. The van der Waals surface area contributed by atoms with E-state index in [0.29, 0.717) is 17.8 Å². The topological polar surface area (TPSA) is 34.1 Å². The van der Waals surface area contributed by atoms with Gasteiger partial charge >= 0.3 is 0 Å². The van der Waals surface area contributed by atoms with Crippen molar-refractivity contribution in [3.05, 3.63) is 58.9 Å². The number of nitrogens with one attached hydrogen (secondary N) is 1. The Bertz CT molecular complexity index is 624. The second kappa shape index (κ2) is 6.74.